The summed E-state index contributed by atoms with van der Waals surface area (Å²) in [5, 5.41) is 3.34. The molecule has 0 bridgehead atoms. The Hall–Kier alpha value is -1.46. The van der Waals surface area contributed by atoms with Gasteiger partial charge < -0.3 is 10.1 Å². The summed E-state index contributed by atoms with van der Waals surface area (Å²) in [5.74, 6) is 0.974. The quantitative estimate of drug-likeness (QED) is 0.807. The van der Waals surface area contributed by atoms with E-state index < -0.39 is 0 Å². The van der Waals surface area contributed by atoms with E-state index in [2.05, 4.69) is 33.2 Å². The molecular weight excluding hydrogens is 335 g/mol. The van der Waals surface area contributed by atoms with Crippen molar-refractivity contribution in [3.8, 4) is 11.5 Å². The van der Waals surface area contributed by atoms with Gasteiger partial charge in [-0.15, -0.1) is 0 Å². The molecule has 0 aliphatic heterocycles. The molecule has 0 aliphatic carbocycles. The van der Waals surface area contributed by atoms with Gasteiger partial charge in [0.05, 0.1) is 6.20 Å². The number of rotatable bonds is 6. The monoisotopic (exact) mass is 352 g/mol. The van der Waals surface area contributed by atoms with Crippen LogP contribution in [0.1, 0.15) is 31.9 Å². The number of hydrogen-bond acceptors (Lipinski definition) is 3. The molecule has 0 radical (unpaired) electrons. The predicted octanol–water partition coefficient (Wildman–Crippen LogP) is 4.84. The van der Waals surface area contributed by atoms with Crippen molar-refractivity contribution < 1.29 is 9.13 Å². The van der Waals surface area contributed by atoms with E-state index in [1.807, 2.05) is 13.0 Å². The SMILES string of the molecule is CCCNC(C)c1cc(F)ccc1Oc1cncc(Br)c1. The van der Waals surface area contributed by atoms with Crippen molar-refractivity contribution >= 4 is 15.9 Å². The van der Waals surface area contributed by atoms with Gasteiger partial charge in [-0.1, -0.05) is 6.92 Å². The first-order chi connectivity index (χ1) is 10.1. The molecule has 112 valence electrons. The number of ether oxygens (including phenoxy) is 1. The first kappa shape index (κ1) is 15.9. The summed E-state index contributed by atoms with van der Waals surface area (Å²) in [5.41, 5.74) is 0.795. The molecule has 1 atom stereocenters. The van der Waals surface area contributed by atoms with Crippen molar-refractivity contribution in [1.82, 2.24) is 10.3 Å². The number of hydrogen-bond donors (Lipinski definition) is 1. The molecule has 0 saturated heterocycles. The zero-order valence-corrected chi connectivity index (χ0v) is 13.7. The minimum atomic E-state index is -0.269. The maximum absolute atomic E-state index is 13.5. The lowest BCUT2D eigenvalue weighted by molar-refractivity contribution is 0.455. The van der Waals surface area contributed by atoms with Gasteiger partial charge in [0.1, 0.15) is 17.3 Å². The molecule has 0 spiro atoms. The highest BCUT2D eigenvalue weighted by molar-refractivity contribution is 9.10. The van der Waals surface area contributed by atoms with Crippen LogP contribution in [0, 0.1) is 5.82 Å². The second-order valence-corrected chi connectivity index (χ2v) is 5.71. The molecule has 0 saturated carbocycles. The zero-order valence-electron chi connectivity index (χ0n) is 12.1. The number of aromatic nitrogens is 1. The zero-order chi connectivity index (χ0) is 15.2. The fraction of sp³-hybridized carbons (Fsp3) is 0.312. The van der Waals surface area contributed by atoms with Crippen LogP contribution >= 0.6 is 15.9 Å². The van der Waals surface area contributed by atoms with Crippen molar-refractivity contribution in [3.63, 3.8) is 0 Å². The number of nitrogens with zero attached hydrogens (tertiary/aromatic N) is 1. The summed E-state index contributed by atoms with van der Waals surface area (Å²) in [4.78, 5) is 4.06. The van der Waals surface area contributed by atoms with Gasteiger partial charge in [0.2, 0.25) is 0 Å². The Morgan fingerprint density at radius 1 is 1.33 bits per heavy atom. The molecule has 3 nitrogen and oxygen atoms in total. The number of pyridine rings is 1. The minimum Gasteiger partial charge on any atom is -0.455 e. The van der Waals surface area contributed by atoms with E-state index >= 15 is 0 Å². The Bertz CT molecular complexity index is 607. The van der Waals surface area contributed by atoms with E-state index in [4.69, 9.17) is 4.74 Å². The van der Waals surface area contributed by atoms with Gasteiger partial charge in [0, 0.05) is 22.3 Å². The summed E-state index contributed by atoms with van der Waals surface area (Å²) in [7, 11) is 0. The molecule has 1 N–H and O–H groups in total. The van der Waals surface area contributed by atoms with Crippen LogP contribution in [0.2, 0.25) is 0 Å². The molecule has 1 unspecified atom stereocenters. The van der Waals surface area contributed by atoms with Gasteiger partial charge in [0.15, 0.2) is 0 Å². The van der Waals surface area contributed by atoms with Crippen LogP contribution in [-0.2, 0) is 0 Å². The summed E-state index contributed by atoms with van der Waals surface area (Å²) in [6.07, 6.45) is 4.33. The third-order valence-electron chi connectivity index (χ3n) is 3.05. The Labute approximate surface area is 132 Å². The maximum Gasteiger partial charge on any atom is 0.146 e. The van der Waals surface area contributed by atoms with E-state index in [-0.39, 0.29) is 11.9 Å². The normalized spacial score (nSPS) is 12.2. The average molecular weight is 353 g/mol. The Morgan fingerprint density at radius 2 is 2.14 bits per heavy atom. The van der Waals surface area contributed by atoms with E-state index in [1.54, 1.807) is 18.5 Å². The van der Waals surface area contributed by atoms with Gasteiger partial charge in [0.25, 0.3) is 0 Å². The molecular formula is C16H18BrFN2O. The number of benzene rings is 1. The number of nitrogens with one attached hydrogen (secondary N) is 1. The lowest BCUT2D eigenvalue weighted by atomic mass is 10.1. The van der Waals surface area contributed by atoms with Crippen LogP contribution in [0.3, 0.4) is 0 Å². The highest BCUT2D eigenvalue weighted by Gasteiger charge is 2.13. The van der Waals surface area contributed by atoms with Crippen LogP contribution in [0.5, 0.6) is 11.5 Å². The maximum atomic E-state index is 13.5. The van der Waals surface area contributed by atoms with E-state index in [1.165, 1.54) is 12.1 Å². The fourth-order valence-corrected chi connectivity index (χ4v) is 2.34. The highest BCUT2D eigenvalue weighted by Crippen LogP contribution is 2.31. The first-order valence-electron chi connectivity index (χ1n) is 6.91. The summed E-state index contributed by atoms with van der Waals surface area (Å²) >= 11 is 3.35. The van der Waals surface area contributed by atoms with Crippen LogP contribution in [0.4, 0.5) is 4.39 Å². The van der Waals surface area contributed by atoms with Gasteiger partial charge in [-0.3, -0.25) is 4.98 Å². The fourth-order valence-electron chi connectivity index (χ4n) is 2.00. The second-order valence-electron chi connectivity index (χ2n) is 4.80. The third kappa shape index (κ3) is 4.51. The van der Waals surface area contributed by atoms with Gasteiger partial charge in [-0.05, 0) is 60.1 Å². The average Bonchev–Trinajstić information content (AvgIpc) is 2.46. The molecule has 2 rings (SSSR count). The molecule has 5 heteroatoms. The molecule has 0 fully saturated rings. The third-order valence-corrected chi connectivity index (χ3v) is 3.48. The summed E-state index contributed by atoms with van der Waals surface area (Å²) in [6, 6.07) is 6.39. The van der Waals surface area contributed by atoms with Gasteiger partial charge in [-0.25, -0.2) is 4.39 Å². The number of halogens is 2. The van der Waals surface area contributed by atoms with Crippen LogP contribution in [0.25, 0.3) is 0 Å². The Morgan fingerprint density at radius 3 is 2.86 bits per heavy atom. The first-order valence-corrected chi connectivity index (χ1v) is 7.70. The topological polar surface area (TPSA) is 34.1 Å². The van der Waals surface area contributed by atoms with Crippen LogP contribution < -0.4 is 10.1 Å². The van der Waals surface area contributed by atoms with E-state index in [0.29, 0.717) is 11.5 Å². The van der Waals surface area contributed by atoms with E-state index in [9.17, 15) is 4.39 Å². The van der Waals surface area contributed by atoms with Crippen molar-refractivity contribution in [2.45, 2.75) is 26.3 Å². The largest absolute Gasteiger partial charge is 0.455 e. The lowest BCUT2D eigenvalue weighted by Crippen LogP contribution is -2.19. The predicted molar refractivity (Wildman–Crippen MR) is 85.1 cm³/mol. The molecule has 1 heterocycles. The highest BCUT2D eigenvalue weighted by atomic mass is 79.9. The molecule has 0 amide bonds. The molecule has 0 aliphatic rings. The van der Waals surface area contributed by atoms with Crippen molar-refractivity contribution in [1.29, 1.82) is 0 Å². The van der Waals surface area contributed by atoms with Crippen molar-refractivity contribution in [2.75, 3.05) is 6.54 Å². The molecule has 1 aromatic heterocycles. The summed E-state index contributed by atoms with van der Waals surface area (Å²) < 4.78 is 20.2. The minimum absolute atomic E-state index is 0.00996. The van der Waals surface area contributed by atoms with Gasteiger partial charge in [-0.2, -0.15) is 0 Å². The van der Waals surface area contributed by atoms with Crippen LogP contribution in [-0.4, -0.2) is 11.5 Å². The van der Waals surface area contributed by atoms with Gasteiger partial charge >= 0.3 is 0 Å². The smallest absolute Gasteiger partial charge is 0.146 e. The Balaban J connectivity index is 2.26. The van der Waals surface area contributed by atoms with Crippen LogP contribution in [0.15, 0.2) is 41.1 Å². The van der Waals surface area contributed by atoms with Crippen molar-refractivity contribution in [2.24, 2.45) is 0 Å². The Kier molecular flexibility index (Phi) is 5.70. The summed E-state index contributed by atoms with van der Waals surface area (Å²) in [6.45, 7) is 4.96. The molecule has 2 aromatic rings. The second kappa shape index (κ2) is 7.52. The standard InChI is InChI=1S/C16H18BrFN2O/c1-3-6-20-11(2)15-8-13(18)4-5-16(15)21-14-7-12(17)9-19-10-14/h4-5,7-11,20H,3,6H2,1-2H3. The lowest BCUT2D eigenvalue weighted by Gasteiger charge is -2.18. The van der Waals surface area contributed by atoms with Crippen molar-refractivity contribution in [3.05, 3.63) is 52.5 Å². The van der Waals surface area contributed by atoms with E-state index in [0.717, 1.165) is 23.0 Å². The molecule has 1 aromatic carbocycles. The molecule has 21 heavy (non-hydrogen) atoms.